The number of fused-ring (bicyclic) bond motifs is 1. The van der Waals surface area contributed by atoms with Crippen LogP contribution in [0.15, 0.2) is 29.8 Å². The van der Waals surface area contributed by atoms with Crippen molar-refractivity contribution in [3.05, 3.63) is 46.6 Å². The number of anilines is 1. The number of aromatic nitrogens is 2. The molecule has 0 fully saturated rings. The summed E-state index contributed by atoms with van der Waals surface area (Å²) in [6.07, 6.45) is -3.13. The van der Waals surface area contributed by atoms with Crippen molar-refractivity contribution in [2.45, 2.75) is 25.9 Å². The smallest absolute Gasteiger partial charge is 0.418 e. The first-order chi connectivity index (χ1) is 12.2. The summed E-state index contributed by atoms with van der Waals surface area (Å²) in [6, 6.07) is 3.37. The Balaban J connectivity index is 2.24. The summed E-state index contributed by atoms with van der Waals surface area (Å²) in [4.78, 5) is 20.6. The third kappa shape index (κ3) is 3.22. The minimum atomic E-state index is -4.63. The van der Waals surface area contributed by atoms with E-state index in [4.69, 9.17) is 0 Å². The lowest BCUT2D eigenvalue weighted by Gasteiger charge is -2.17. The fourth-order valence-corrected chi connectivity index (χ4v) is 3.13. The number of pyridine rings is 1. The number of alkyl halides is 3. The topological polar surface area (TPSA) is 75.1 Å². The van der Waals surface area contributed by atoms with Crippen molar-refractivity contribution in [3.63, 3.8) is 0 Å². The van der Waals surface area contributed by atoms with Crippen molar-refractivity contribution in [1.82, 2.24) is 9.97 Å². The molecule has 0 aliphatic carbocycles. The van der Waals surface area contributed by atoms with Gasteiger partial charge in [-0.25, -0.2) is 4.98 Å². The van der Waals surface area contributed by atoms with E-state index in [0.29, 0.717) is 5.13 Å². The Kier molecular flexibility index (Phi) is 4.57. The summed E-state index contributed by atoms with van der Waals surface area (Å²) in [6.45, 7) is 3.37. The highest BCUT2D eigenvalue weighted by molar-refractivity contribution is 7.13. The van der Waals surface area contributed by atoms with Gasteiger partial charge in [0.05, 0.1) is 16.8 Å². The van der Waals surface area contributed by atoms with E-state index in [1.807, 2.05) is 0 Å². The van der Waals surface area contributed by atoms with Gasteiger partial charge in [-0.2, -0.15) is 13.2 Å². The van der Waals surface area contributed by atoms with E-state index in [1.165, 1.54) is 29.7 Å². The Bertz CT molecular complexity index is 970. The fourth-order valence-electron chi connectivity index (χ4n) is 2.60. The van der Waals surface area contributed by atoms with E-state index in [1.54, 1.807) is 19.2 Å². The molecule has 0 aliphatic heterocycles. The maximum absolute atomic E-state index is 13.3. The van der Waals surface area contributed by atoms with Crippen LogP contribution in [0.1, 0.15) is 41.4 Å². The van der Waals surface area contributed by atoms with Crippen LogP contribution in [0.2, 0.25) is 0 Å². The SMILES string of the molecule is CC(C)c1nc2c(C(F)(F)F)cccc2c(O)c1C(=O)Nc1nccs1. The number of hydrogen-bond donors (Lipinski definition) is 2. The first-order valence-corrected chi connectivity index (χ1v) is 8.51. The van der Waals surface area contributed by atoms with Crippen molar-refractivity contribution in [2.75, 3.05) is 5.32 Å². The number of aromatic hydroxyl groups is 1. The van der Waals surface area contributed by atoms with Gasteiger partial charge in [0.1, 0.15) is 11.3 Å². The van der Waals surface area contributed by atoms with Crippen molar-refractivity contribution in [1.29, 1.82) is 0 Å². The van der Waals surface area contributed by atoms with E-state index in [9.17, 15) is 23.1 Å². The molecule has 0 aliphatic rings. The Labute approximate surface area is 150 Å². The molecule has 0 bridgehead atoms. The maximum atomic E-state index is 13.3. The summed E-state index contributed by atoms with van der Waals surface area (Å²) >= 11 is 1.18. The molecule has 2 N–H and O–H groups in total. The molecule has 0 atom stereocenters. The first-order valence-electron chi connectivity index (χ1n) is 7.63. The predicted octanol–water partition coefficient (Wildman–Crippen LogP) is 4.79. The Morgan fingerprint density at radius 2 is 2.04 bits per heavy atom. The van der Waals surface area contributed by atoms with Gasteiger partial charge >= 0.3 is 6.18 Å². The van der Waals surface area contributed by atoms with Crippen LogP contribution in [0.3, 0.4) is 0 Å². The van der Waals surface area contributed by atoms with E-state index < -0.39 is 23.4 Å². The third-order valence-corrected chi connectivity index (χ3v) is 4.44. The number of nitrogens with zero attached hydrogens (tertiary/aromatic N) is 2. The molecule has 3 rings (SSSR count). The van der Waals surface area contributed by atoms with Crippen molar-refractivity contribution < 1.29 is 23.1 Å². The molecule has 2 aromatic heterocycles. The Morgan fingerprint density at radius 1 is 1.31 bits per heavy atom. The van der Waals surface area contributed by atoms with Crippen LogP contribution in [0.5, 0.6) is 5.75 Å². The molecule has 26 heavy (non-hydrogen) atoms. The van der Waals surface area contributed by atoms with Crippen LogP contribution in [0.25, 0.3) is 10.9 Å². The Morgan fingerprint density at radius 3 is 2.62 bits per heavy atom. The number of hydrogen-bond acceptors (Lipinski definition) is 5. The molecule has 1 amide bonds. The van der Waals surface area contributed by atoms with Gasteiger partial charge < -0.3 is 5.11 Å². The lowest BCUT2D eigenvalue weighted by atomic mass is 9.98. The van der Waals surface area contributed by atoms with E-state index >= 15 is 0 Å². The molecule has 9 heteroatoms. The maximum Gasteiger partial charge on any atom is 0.418 e. The molecule has 0 saturated carbocycles. The zero-order valence-corrected chi connectivity index (χ0v) is 14.6. The molecule has 1 aromatic carbocycles. The van der Waals surface area contributed by atoms with Gasteiger partial charge in [0.15, 0.2) is 5.13 Å². The highest BCUT2D eigenvalue weighted by Gasteiger charge is 2.35. The van der Waals surface area contributed by atoms with Crippen molar-refractivity contribution >= 4 is 33.3 Å². The Hall–Kier alpha value is -2.68. The van der Waals surface area contributed by atoms with Gasteiger partial charge in [-0.3, -0.25) is 15.1 Å². The number of halogens is 3. The molecule has 0 radical (unpaired) electrons. The zero-order chi connectivity index (χ0) is 19.1. The second-order valence-electron chi connectivity index (χ2n) is 5.87. The van der Waals surface area contributed by atoms with Gasteiger partial charge in [0.25, 0.3) is 5.91 Å². The van der Waals surface area contributed by atoms with Crippen LogP contribution >= 0.6 is 11.3 Å². The van der Waals surface area contributed by atoms with Gasteiger partial charge in [-0.15, -0.1) is 11.3 Å². The zero-order valence-electron chi connectivity index (χ0n) is 13.8. The normalized spacial score (nSPS) is 11.9. The fraction of sp³-hybridized carbons (Fsp3) is 0.235. The van der Waals surface area contributed by atoms with Gasteiger partial charge in [-0.1, -0.05) is 19.9 Å². The summed E-state index contributed by atoms with van der Waals surface area (Å²) < 4.78 is 39.9. The second-order valence-corrected chi connectivity index (χ2v) is 6.76. The number of benzene rings is 1. The van der Waals surface area contributed by atoms with E-state index in [2.05, 4.69) is 15.3 Å². The summed E-state index contributed by atoms with van der Waals surface area (Å²) in [5, 5.41) is 15.0. The number of nitrogens with one attached hydrogen (secondary N) is 1. The van der Waals surface area contributed by atoms with E-state index in [-0.39, 0.29) is 28.1 Å². The largest absolute Gasteiger partial charge is 0.506 e. The molecule has 0 spiro atoms. The third-order valence-electron chi connectivity index (χ3n) is 3.75. The summed E-state index contributed by atoms with van der Waals surface area (Å²) in [5.74, 6) is -1.59. The number of carbonyl (C=O) groups excluding carboxylic acids is 1. The highest BCUT2D eigenvalue weighted by Crippen LogP contribution is 2.39. The van der Waals surface area contributed by atoms with Crippen molar-refractivity contribution in [3.8, 4) is 5.75 Å². The standard InChI is InChI=1S/C17H14F3N3O2S/c1-8(2)12-11(15(25)23-16-21-6-7-26-16)14(24)9-4-3-5-10(13(9)22-12)17(18,19)20/h3-8H,1-2H3,(H,22,24)(H,21,23,25). The lowest BCUT2D eigenvalue weighted by molar-refractivity contribution is -0.136. The lowest BCUT2D eigenvalue weighted by Crippen LogP contribution is -2.17. The van der Waals surface area contributed by atoms with Gasteiger partial charge in [-0.05, 0) is 18.1 Å². The van der Waals surface area contributed by atoms with Gasteiger partial charge in [0.2, 0.25) is 0 Å². The molecule has 136 valence electrons. The average molecular weight is 381 g/mol. The van der Waals surface area contributed by atoms with Gasteiger partial charge in [0, 0.05) is 17.0 Å². The van der Waals surface area contributed by atoms with Crippen LogP contribution < -0.4 is 5.32 Å². The minimum Gasteiger partial charge on any atom is -0.506 e. The number of rotatable bonds is 3. The monoisotopic (exact) mass is 381 g/mol. The van der Waals surface area contributed by atoms with E-state index in [0.717, 1.165) is 6.07 Å². The summed E-state index contributed by atoms with van der Waals surface area (Å²) in [7, 11) is 0. The van der Waals surface area contributed by atoms with Crippen LogP contribution in [0.4, 0.5) is 18.3 Å². The molecule has 0 saturated heterocycles. The average Bonchev–Trinajstić information content (AvgIpc) is 3.05. The first kappa shape index (κ1) is 18.1. The predicted molar refractivity (Wildman–Crippen MR) is 92.6 cm³/mol. The highest BCUT2D eigenvalue weighted by atomic mass is 32.1. The molecular formula is C17H14F3N3O2S. The molecule has 3 aromatic rings. The van der Waals surface area contributed by atoms with Crippen LogP contribution in [-0.4, -0.2) is 21.0 Å². The minimum absolute atomic E-state index is 0.0840. The summed E-state index contributed by atoms with van der Waals surface area (Å²) in [5.41, 5.74) is -1.41. The second kappa shape index (κ2) is 6.56. The molecular weight excluding hydrogens is 367 g/mol. The van der Waals surface area contributed by atoms with Crippen LogP contribution in [-0.2, 0) is 6.18 Å². The number of thiazole rings is 1. The molecule has 0 unspecified atom stereocenters. The number of amides is 1. The van der Waals surface area contributed by atoms with Crippen molar-refractivity contribution in [2.24, 2.45) is 0 Å². The molecule has 2 heterocycles. The number of para-hydroxylation sites is 1. The number of carbonyl (C=O) groups is 1. The quantitative estimate of drug-likeness (QED) is 0.684. The molecule has 5 nitrogen and oxygen atoms in total. The van der Waals surface area contributed by atoms with Crippen LogP contribution in [0, 0.1) is 0 Å².